The molecule has 2 aromatic carbocycles. The third-order valence-electron chi connectivity index (χ3n) is 2.76. The Hall–Kier alpha value is -1.61. The number of carbonyl (C=O) groups is 1. The normalized spacial score (nSPS) is 9.09. The maximum atomic E-state index is 10.8. The summed E-state index contributed by atoms with van der Waals surface area (Å²) in [7, 11) is 0. The molecule has 0 aromatic heterocycles. The van der Waals surface area contributed by atoms with Gasteiger partial charge >= 0.3 is 0 Å². The molecule has 0 unspecified atom stereocenters. The van der Waals surface area contributed by atoms with Gasteiger partial charge in [0.05, 0.1) is 0 Å². The molecule has 0 atom stereocenters. The first-order chi connectivity index (χ1) is 10.3. The van der Waals surface area contributed by atoms with E-state index in [1.807, 2.05) is 54.6 Å². The van der Waals surface area contributed by atoms with E-state index in [-0.39, 0.29) is 23.0 Å². The second-order valence-corrected chi connectivity index (χ2v) is 4.51. The molecule has 0 radical (unpaired) electrons. The van der Waals surface area contributed by atoms with E-state index in [0.29, 0.717) is 13.2 Å². The zero-order valence-electron chi connectivity index (χ0n) is 12.7. The minimum absolute atomic E-state index is 0. The number of hydrogen-bond acceptors (Lipinski definition) is 2. The van der Waals surface area contributed by atoms with Crippen LogP contribution in [-0.2, 0) is 33.2 Å². The Labute approximate surface area is 143 Å². The molecule has 4 heteroatoms. The minimum atomic E-state index is -0.113. The van der Waals surface area contributed by atoms with Gasteiger partial charge in [-0.25, -0.2) is 12.1 Å². The van der Waals surface area contributed by atoms with Gasteiger partial charge in [0, 0.05) is 36.8 Å². The smallest absolute Gasteiger partial charge is 0.243 e. The molecule has 22 heavy (non-hydrogen) atoms. The maximum Gasteiger partial charge on any atom is 0.243 e. The predicted octanol–water partition coefficient (Wildman–Crippen LogP) is 3.41. The van der Waals surface area contributed by atoms with Crippen LogP contribution in [0.3, 0.4) is 0 Å². The summed E-state index contributed by atoms with van der Waals surface area (Å²) < 4.78 is 5.48. The maximum absolute atomic E-state index is 10.8. The zero-order valence-corrected chi connectivity index (χ0v) is 13.8. The van der Waals surface area contributed by atoms with E-state index >= 15 is 0 Å². The van der Waals surface area contributed by atoms with Crippen LogP contribution in [0.1, 0.15) is 18.4 Å². The molecule has 3 nitrogen and oxygen atoms in total. The van der Waals surface area contributed by atoms with Gasteiger partial charge in [-0.05, 0) is 18.9 Å². The fourth-order valence-electron chi connectivity index (χ4n) is 1.63. The molecule has 0 aliphatic rings. The molecule has 0 bridgehead atoms. The number of hydrogen-bond donors (Lipinski definition) is 1. The summed E-state index contributed by atoms with van der Waals surface area (Å²) in [6.07, 6.45) is 3.17. The third-order valence-corrected chi connectivity index (χ3v) is 2.76. The number of ether oxygens (including phenoxy) is 1. The van der Waals surface area contributed by atoms with Crippen molar-refractivity contribution in [1.29, 1.82) is 0 Å². The van der Waals surface area contributed by atoms with E-state index in [1.165, 1.54) is 11.6 Å². The first-order valence-electron chi connectivity index (χ1n) is 7.18. The van der Waals surface area contributed by atoms with Gasteiger partial charge < -0.3 is 40.4 Å². The van der Waals surface area contributed by atoms with E-state index in [1.54, 1.807) is 0 Å². The number of amides is 1. The van der Waals surface area contributed by atoms with E-state index in [2.05, 4.69) is 11.9 Å². The van der Waals surface area contributed by atoms with Gasteiger partial charge in [0.1, 0.15) is 0 Å². The topological polar surface area (TPSA) is 38.3 Å². The Morgan fingerprint density at radius 3 is 2.27 bits per heavy atom. The Morgan fingerprint density at radius 2 is 1.73 bits per heavy atom. The number of rotatable bonds is 8. The Kier molecular flexibility index (Phi) is 13.3. The molecular formula is C18H23FeNO2-6. The molecule has 0 heterocycles. The fourth-order valence-corrected chi connectivity index (χ4v) is 1.63. The van der Waals surface area contributed by atoms with Crippen molar-refractivity contribution in [2.45, 2.75) is 19.4 Å². The molecule has 1 amide bonds. The van der Waals surface area contributed by atoms with Gasteiger partial charge in [-0.2, -0.15) is 12.1 Å². The average Bonchev–Trinajstić information content (AvgIpc) is 3.21. The number of carbonyl (C=O) groups excluding carboxylic acids is 1. The Balaban J connectivity index is 0.000000622. The van der Waals surface area contributed by atoms with Crippen molar-refractivity contribution < 1.29 is 26.6 Å². The quantitative estimate of drug-likeness (QED) is 0.346. The fraction of sp³-hybridized carbons (Fsp3) is 0.278. The molecule has 0 saturated heterocycles. The summed E-state index contributed by atoms with van der Waals surface area (Å²) in [4.78, 5) is 10.8. The van der Waals surface area contributed by atoms with Crippen LogP contribution in [-0.4, -0.2) is 19.1 Å². The molecule has 126 valence electrons. The molecular weight excluding hydrogens is 318 g/mol. The first-order valence-corrected chi connectivity index (χ1v) is 7.18. The van der Waals surface area contributed by atoms with Crippen molar-refractivity contribution in [3.8, 4) is 0 Å². The van der Waals surface area contributed by atoms with Crippen molar-refractivity contribution in [2.24, 2.45) is 0 Å². The molecule has 2 aromatic rings. The molecule has 0 aliphatic heterocycles. The van der Waals surface area contributed by atoms with Crippen molar-refractivity contribution >= 4 is 5.91 Å². The van der Waals surface area contributed by atoms with Crippen LogP contribution in [0.5, 0.6) is 0 Å². The van der Waals surface area contributed by atoms with Crippen LogP contribution in [0.25, 0.3) is 0 Å². The van der Waals surface area contributed by atoms with E-state index < -0.39 is 0 Å². The van der Waals surface area contributed by atoms with Gasteiger partial charge in [-0.15, -0.1) is 5.56 Å². The van der Waals surface area contributed by atoms with E-state index in [9.17, 15) is 4.79 Å². The van der Waals surface area contributed by atoms with Crippen LogP contribution in [0.2, 0.25) is 0 Å². The van der Waals surface area contributed by atoms with Crippen molar-refractivity contribution in [3.05, 3.63) is 72.8 Å². The summed E-state index contributed by atoms with van der Waals surface area (Å²) in [5, 5.41) is 2.72. The number of nitrogens with one attached hydrogen (secondary N) is 1. The first kappa shape index (κ1) is 20.4. The standard InChI is InChI=1S/C13H18NO2.C5H5.Fe/c1-2-13(15)14-9-5-6-10-16-11-12-7-3-4-8-12;1-2-4-5-3-1;/h2-4,7-8H,1,5-6,9-11H2,(H,14,15);1-5H;/q-1;-5;. The SMILES string of the molecule is C=CC(=O)NCCCCOC[c-]1cccc1.[Fe].[cH-]1[cH-][cH-][cH-][cH-]1. The summed E-state index contributed by atoms with van der Waals surface area (Å²) in [5.74, 6) is -0.113. The van der Waals surface area contributed by atoms with Gasteiger partial charge in [-0.1, -0.05) is 6.58 Å². The predicted molar refractivity (Wildman–Crippen MR) is 86.2 cm³/mol. The van der Waals surface area contributed by atoms with Crippen molar-refractivity contribution in [2.75, 3.05) is 13.2 Å². The zero-order chi connectivity index (χ0) is 15.2. The van der Waals surface area contributed by atoms with E-state index in [4.69, 9.17) is 4.74 Å². The van der Waals surface area contributed by atoms with Gasteiger partial charge in [0.15, 0.2) is 0 Å². The summed E-state index contributed by atoms with van der Waals surface area (Å²) in [5.41, 5.74) is 1.21. The Bertz CT molecular complexity index is 446. The van der Waals surface area contributed by atoms with Crippen LogP contribution >= 0.6 is 0 Å². The molecule has 0 aliphatic carbocycles. The summed E-state index contributed by atoms with van der Waals surface area (Å²) in [6.45, 7) is 5.47. The minimum Gasteiger partial charge on any atom is -0.748 e. The van der Waals surface area contributed by atoms with Crippen LogP contribution in [0, 0.1) is 0 Å². The van der Waals surface area contributed by atoms with E-state index in [0.717, 1.165) is 19.4 Å². The van der Waals surface area contributed by atoms with Crippen LogP contribution in [0.4, 0.5) is 0 Å². The van der Waals surface area contributed by atoms with Crippen LogP contribution in [0.15, 0.2) is 67.3 Å². The molecule has 0 spiro atoms. The molecule has 1 N–H and O–H groups in total. The monoisotopic (exact) mass is 341 g/mol. The van der Waals surface area contributed by atoms with Crippen molar-refractivity contribution in [1.82, 2.24) is 5.32 Å². The van der Waals surface area contributed by atoms with Crippen LogP contribution < -0.4 is 5.32 Å². The number of unbranched alkanes of at least 4 members (excludes halogenated alkanes) is 1. The second-order valence-electron chi connectivity index (χ2n) is 4.51. The van der Waals surface area contributed by atoms with Crippen molar-refractivity contribution in [3.63, 3.8) is 0 Å². The van der Waals surface area contributed by atoms with Gasteiger partial charge in [-0.3, -0.25) is 4.79 Å². The molecule has 0 saturated carbocycles. The largest absolute Gasteiger partial charge is 0.748 e. The third kappa shape index (κ3) is 11.1. The summed E-state index contributed by atoms with van der Waals surface area (Å²) >= 11 is 0. The Morgan fingerprint density at radius 1 is 1.14 bits per heavy atom. The van der Waals surface area contributed by atoms with Gasteiger partial charge in [0.25, 0.3) is 0 Å². The molecule has 0 fully saturated rings. The summed E-state index contributed by atoms with van der Waals surface area (Å²) in [6, 6.07) is 18.1. The molecule has 2 rings (SSSR count). The second kappa shape index (κ2) is 14.3. The average molecular weight is 341 g/mol. The van der Waals surface area contributed by atoms with Gasteiger partial charge in [0.2, 0.25) is 5.91 Å².